The molecule has 4 heterocycles. The van der Waals surface area contributed by atoms with E-state index in [1.54, 1.807) is 4.90 Å². The fourth-order valence-corrected chi connectivity index (χ4v) is 5.05. The number of carbonyl (C=O) groups excluding carboxylic acids is 1. The van der Waals surface area contributed by atoms with Crippen molar-refractivity contribution < 1.29 is 14.3 Å². The molecule has 0 saturated carbocycles. The largest absolute Gasteiger partial charge is 0.444 e. The third-order valence-corrected chi connectivity index (χ3v) is 6.84. The maximum Gasteiger partial charge on any atom is 0.410 e. The molecule has 2 saturated heterocycles. The second-order valence-corrected chi connectivity index (χ2v) is 10.8. The molecule has 5 rings (SSSR count). The second-order valence-electron chi connectivity index (χ2n) is 10.8. The van der Waals surface area contributed by atoms with E-state index in [1.807, 2.05) is 62.6 Å². The van der Waals surface area contributed by atoms with Gasteiger partial charge in [0.15, 0.2) is 5.96 Å². The molecule has 0 aliphatic carbocycles. The van der Waals surface area contributed by atoms with Gasteiger partial charge in [-0.15, -0.1) is 0 Å². The molecule has 2 atom stereocenters. The fraction of sp³-hybridized carbons (Fsp3) is 0.519. The topological polar surface area (TPSA) is 97.2 Å². The van der Waals surface area contributed by atoms with Crippen molar-refractivity contribution in [1.29, 1.82) is 0 Å². The van der Waals surface area contributed by atoms with Gasteiger partial charge in [0.1, 0.15) is 11.4 Å². The number of amides is 1. The van der Waals surface area contributed by atoms with E-state index in [9.17, 15) is 9.59 Å². The molecule has 1 amide bonds. The van der Waals surface area contributed by atoms with Crippen molar-refractivity contribution in [3.8, 4) is 11.1 Å². The molecule has 2 fully saturated rings. The van der Waals surface area contributed by atoms with Gasteiger partial charge >= 0.3 is 6.09 Å². The number of hydrogen-bond donors (Lipinski definition) is 2. The van der Waals surface area contributed by atoms with Gasteiger partial charge in [0.2, 0.25) is 0 Å². The van der Waals surface area contributed by atoms with Gasteiger partial charge in [0.05, 0.1) is 19.2 Å². The van der Waals surface area contributed by atoms with Crippen molar-refractivity contribution >= 4 is 17.9 Å². The molecule has 9 nitrogen and oxygen atoms in total. The van der Waals surface area contributed by atoms with Crippen molar-refractivity contribution in [2.75, 3.05) is 31.6 Å². The zero-order valence-corrected chi connectivity index (χ0v) is 21.5. The van der Waals surface area contributed by atoms with Crippen molar-refractivity contribution in [3.63, 3.8) is 0 Å². The Morgan fingerprint density at radius 3 is 2.75 bits per heavy atom. The highest BCUT2D eigenvalue weighted by Crippen LogP contribution is 2.31. The molecule has 1 unspecified atom stereocenters. The molecule has 0 radical (unpaired) electrons. The molecular formula is C27H35N5O4. The van der Waals surface area contributed by atoms with Gasteiger partial charge in [-0.1, -0.05) is 24.3 Å². The van der Waals surface area contributed by atoms with Gasteiger partial charge in [-0.25, -0.2) is 9.79 Å². The lowest BCUT2D eigenvalue weighted by atomic mass is 9.99. The van der Waals surface area contributed by atoms with Gasteiger partial charge in [-0.2, -0.15) is 0 Å². The number of ether oxygens (including phenoxy) is 2. The van der Waals surface area contributed by atoms with Crippen molar-refractivity contribution in [2.45, 2.75) is 64.8 Å². The minimum absolute atomic E-state index is 0.0238. The van der Waals surface area contributed by atoms with Crippen LogP contribution in [-0.2, 0) is 16.0 Å². The Morgan fingerprint density at radius 2 is 2.03 bits per heavy atom. The van der Waals surface area contributed by atoms with E-state index < -0.39 is 5.60 Å². The Morgan fingerprint density at radius 1 is 1.22 bits per heavy atom. The Bertz CT molecular complexity index is 1240. The smallest absolute Gasteiger partial charge is 0.410 e. The van der Waals surface area contributed by atoms with Crippen molar-refractivity contribution in [2.24, 2.45) is 4.99 Å². The summed E-state index contributed by atoms with van der Waals surface area (Å²) >= 11 is 0. The van der Waals surface area contributed by atoms with Crippen LogP contribution in [0.15, 0.2) is 40.1 Å². The van der Waals surface area contributed by atoms with E-state index >= 15 is 0 Å². The van der Waals surface area contributed by atoms with E-state index in [1.165, 1.54) is 0 Å². The molecule has 36 heavy (non-hydrogen) atoms. The Labute approximate surface area is 211 Å². The van der Waals surface area contributed by atoms with Gasteiger partial charge in [0.25, 0.3) is 5.56 Å². The second kappa shape index (κ2) is 9.61. The van der Waals surface area contributed by atoms with Crippen LogP contribution in [-0.4, -0.2) is 59.5 Å². The quantitative estimate of drug-likeness (QED) is 0.677. The number of pyridine rings is 1. The minimum Gasteiger partial charge on any atom is -0.444 e. The van der Waals surface area contributed by atoms with Crippen molar-refractivity contribution in [1.82, 2.24) is 14.8 Å². The fourth-order valence-electron chi connectivity index (χ4n) is 5.05. The Hall–Kier alpha value is -3.33. The lowest BCUT2D eigenvalue weighted by Gasteiger charge is -2.28. The number of nitrogens with zero attached hydrogens (tertiary/aromatic N) is 3. The van der Waals surface area contributed by atoms with Gasteiger partial charge in [0, 0.05) is 36.9 Å². The number of anilines is 1. The summed E-state index contributed by atoms with van der Waals surface area (Å²) < 4.78 is 13.0. The van der Waals surface area contributed by atoms with E-state index in [2.05, 4.69) is 10.6 Å². The average Bonchev–Trinajstić information content (AvgIpc) is 3.51. The molecule has 3 aliphatic heterocycles. The number of hydrogen-bond acceptors (Lipinski definition) is 7. The highest BCUT2D eigenvalue weighted by Gasteiger charge is 2.32. The van der Waals surface area contributed by atoms with Gasteiger partial charge in [-0.3, -0.25) is 9.36 Å². The molecule has 0 bridgehead atoms. The predicted octanol–water partition coefficient (Wildman–Crippen LogP) is 3.67. The predicted molar refractivity (Wildman–Crippen MR) is 139 cm³/mol. The van der Waals surface area contributed by atoms with E-state index in [4.69, 9.17) is 14.5 Å². The highest BCUT2D eigenvalue weighted by atomic mass is 16.6. The maximum atomic E-state index is 13.8. The van der Waals surface area contributed by atoms with E-state index in [0.717, 1.165) is 35.3 Å². The van der Waals surface area contributed by atoms with E-state index in [0.29, 0.717) is 44.4 Å². The monoisotopic (exact) mass is 493 g/mol. The third kappa shape index (κ3) is 4.97. The number of carbonyl (C=O) groups is 1. The summed E-state index contributed by atoms with van der Waals surface area (Å²) in [5, 5.41) is 6.84. The third-order valence-electron chi connectivity index (χ3n) is 6.84. The first kappa shape index (κ1) is 24.4. The summed E-state index contributed by atoms with van der Waals surface area (Å²) in [5.41, 5.74) is 3.13. The average molecular weight is 494 g/mol. The lowest BCUT2D eigenvalue weighted by molar-refractivity contribution is 0.0292. The molecule has 192 valence electrons. The normalized spacial score (nSPS) is 21.6. The van der Waals surface area contributed by atoms with Crippen LogP contribution in [0.2, 0.25) is 0 Å². The first-order chi connectivity index (χ1) is 17.2. The van der Waals surface area contributed by atoms with Crippen LogP contribution in [0.4, 0.5) is 10.6 Å². The Kier molecular flexibility index (Phi) is 6.51. The van der Waals surface area contributed by atoms with Crippen LogP contribution in [0.25, 0.3) is 11.1 Å². The SMILES string of the molecule is Cc1ccccc1-c1cc2c(n(C3CCOC3)c1=O)NC(N[C@H]1CCN(C(=O)OC(C)(C)C)C1)=NC2. The molecular weight excluding hydrogens is 458 g/mol. The molecule has 2 N–H and O–H groups in total. The summed E-state index contributed by atoms with van der Waals surface area (Å²) in [4.78, 5) is 32.7. The number of aryl methyl sites for hydroxylation is 1. The number of benzene rings is 1. The van der Waals surface area contributed by atoms with Crippen LogP contribution in [0.1, 0.15) is 50.8 Å². The van der Waals surface area contributed by atoms with Gasteiger partial charge < -0.3 is 25.0 Å². The van der Waals surface area contributed by atoms with Crippen molar-refractivity contribution in [3.05, 3.63) is 51.8 Å². The van der Waals surface area contributed by atoms with E-state index in [-0.39, 0.29) is 23.7 Å². The highest BCUT2D eigenvalue weighted by molar-refractivity contribution is 5.95. The maximum absolute atomic E-state index is 13.8. The summed E-state index contributed by atoms with van der Waals surface area (Å²) in [5.74, 6) is 1.39. The number of guanidine groups is 1. The van der Waals surface area contributed by atoms with Crippen LogP contribution >= 0.6 is 0 Å². The number of rotatable bonds is 3. The minimum atomic E-state index is -0.522. The molecule has 1 aromatic heterocycles. The molecule has 0 spiro atoms. The number of aromatic nitrogens is 1. The molecule has 9 heteroatoms. The zero-order valence-electron chi connectivity index (χ0n) is 21.5. The molecule has 1 aromatic carbocycles. The van der Waals surface area contributed by atoms with Crippen LogP contribution in [0.5, 0.6) is 0 Å². The summed E-state index contributed by atoms with van der Waals surface area (Å²) in [6.45, 7) is 10.4. The Balaban J connectivity index is 1.38. The molecule has 3 aliphatic rings. The van der Waals surface area contributed by atoms with Crippen LogP contribution in [0.3, 0.4) is 0 Å². The number of nitrogens with one attached hydrogen (secondary N) is 2. The van der Waals surface area contributed by atoms with Crippen LogP contribution in [0, 0.1) is 6.92 Å². The van der Waals surface area contributed by atoms with Gasteiger partial charge in [-0.05, 0) is 57.7 Å². The molecule has 2 aromatic rings. The van der Waals surface area contributed by atoms with Crippen LogP contribution < -0.4 is 16.2 Å². The summed E-state index contributed by atoms with van der Waals surface area (Å²) in [6, 6.07) is 9.96. The number of likely N-dealkylation sites (tertiary alicyclic amines) is 1. The lowest BCUT2D eigenvalue weighted by Crippen LogP contribution is -2.44. The number of fused-ring (bicyclic) bond motifs is 1. The summed E-state index contributed by atoms with van der Waals surface area (Å²) in [6.07, 6.45) is 1.29. The standard InChI is InChI=1S/C27H35N5O4/c1-17-7-5-6-8-21(17)22-13-18-14-28-25(30-23(18)32(24(22)33)20-10-12-35-16-20)29-19-9-11-31(15-19)26(34)36-27(2,3)4/h5-8,13,19-20H,9-12,14-16H2,1-4H3,(H2,28,29,30)/t19-,20?/m0/s1. The first-order valence-corrected chi connectivity index (χ1v) is 12.7. The first-order valence-electron chi connectivity index (χ1n) is 12.7. The summed E-state index contributed by atoms with van der Waals surface area (Å²) in [7, 11) is 0. The number of aliphatic imine (C=N–C) groups is 1. The zero-order chi connectivity index (χ0) is 25.4.